The van der Waals surface area contributed by atoms with Gasteiger partial charge in [0.15, 0.2) is 5.78 Å². The van der Waals surface area contributed by atoms with Gasteiger partial charge < -0.3 is 9.30 Å². The van der Waals surface area contributed by atoms with Crippen LogP contribution in [0.1, 0.15) is 72.3 Å². The number of nitrogens with zero attached hydrogens (tertiary/aromatic N) is 2. The van der Waals surface area contributed by atoms with Gasteiger partial charge in [-0.3, -0.25) is 9.59 Å². The number of hydrogen-bond acceptors (Lipinski definition) is 5. The molecule has 0 radical (unpaired) electrons. The van der Waals surface area contributed by atoms with Crippen LogP contribution in [0.5, 0.6) is 5.75 Å². The molecule has 0 bridgehead atoms. The number of allylic oxidation sites excluding steroid dienone is 2. The van der Waals surface area contributed by atoms with Crippen molar-refractivity contribution in [2.75, 3.05) is 20.7 Å². The number of nitrogens with one attached hydrogen (secondary N) is 1. The lowest BCUT2D eigenvalue weighted by Crippen LogP contribution is -2.41. The molecule has 5 rings (SSSR count). The topological polar surface area (TPSA) is 97.7 Å². The zero-order valence-electron chi connectivity index (χ0n) is 24.9. The zero-order valence-corrected chi connectivity index (χ0v) is 25.7. The number of ether oxygens (including phenoxy) is 1. The second kappa shape index (κ2) is 12.7. The van der Waals surface area contributed by atoms with Crippen LogP contribution in [0.25, 0.3) is 28.2 Å². The smallest absolute Gasteiger partial charge is 0.304 e. The van der Waals surface area contributed by atoms with Crippen molar-refractivity contribution in [1.29, 1.82) is 0 Å². The number of likely N-dealkylation sites (N-methyl/N-ethyl adjacent to an activating group) is 1. The molecular formula is C34H39N3O5S. The van der Waals surface area contributed by atoms with E-state index in [0.717, 1.165) is 57.7 Å². The highest BCUT2D eigenvalue weighted by Crippen LogP contribution is 2.47. The van der Waals surface area contributed by atoms with Gasteiger partial charge in [-0.15, -0.1) is 13.2 Å². The van der Waals surface area contributed by atoms with Gasteiger partial charge in [0.05, 0.1) is 19.3 Å². The monoisotopic (exact) mass is 601 g/mol. The van der Waals surface area contributed by atoms with Crippen LogP contribution in [0.2, 0.25) is 0 Å². The third kappa shape index (κ3) is 6.10. The number of hydrogen-bond donors (Lipinski definition) is 1. The standard InChI is InChI=1S/C34H39N3O5S/c1-5-7-13-31(38)26-19-25-20-27(42-4)15-17-28(25)33-32(23-11-9-8-10-12-23)29-16-14-24(21-30(29)37(33)22-26)34(39)35-43(40,41)36(3)18-6-2/h5-6,14-17,19-21,23H,1-2,7-13,18,22H2,3-4H3,(H,35,39). The van der Waals surface area contributed by atoms with Crippen LogP contribution < -0.4 is 9.46 Å². The first-order valence-corrected chi connectivity index (χ1v) is 16.2. The fraction of sp³-hybridized carbons (Fsp3) is 0.353. The number of methoxy groups -OCH3 is 1. The Morgan fingerprint density at radius 2 is 1.86 bits per heavy atom. The van der Waals surface area contributed by atoms with E-state index in [1.165, 1.54) is 25.1 Å². The Balaban J connectivity index is 1.71. The van der Waals surface area contributed by atoms with E-state index in [1.54, 1.807) is 25.3 Å². The maximum absolute atomic E-state index is 13.5. The van der Waals surface area contributed by atoms with E-state index in [4.69, 9.17) is 4.74 Å². The summed E-state index contributed by atoms with van der Waals surface area (Å²) in [5.74, 6) is 0.350. The first kappa shape index (κ1) is 30.5. The molecule has 1 aliphatic carbocycles. The van der Waals surface area contributed by atoms with E-state index in [9.17, 15) is 18.0 Å². The molecule has 0 spiro atoms. The summed E-state index contributed by atoms with van der Waals surface area (Å²) in [5, 5.41) is 1.02. The van der Waals surface area contributed by atoms with E-state index in [1.807, 2.05) is 24.3 Å². The number of rotatable bonds is 11. The normalized spacial score (nSPS) is 15.3. The summed E-state index contributed by atoms with van der Waals surface area (Å²) in [5.41, 5.74) is 5.86. The van der Waals surface area contributed by atoms with Crippen LogP contribution in [0.3, 0.4) is 0 Å². The molecule has 8 nitrogen and oxygen atoms in total. The van der Waals surface area contributed by atoms with Crippen molar-refractivity contribution in [3.8, 4) is 17.0 Å². The van der Waals surface area contributed by atoms with Crippen molar-refractivity contribution < 1.29 is 22.7 Å². The van der Waals surface area contributed by atoms with Crippen molar-refractivity contribution in [2.45, 2.75) is 57.4 Å². The molecule has 0 unspecified atom stereocenters. The lowest BCUT2D eigenvalue weighted by atomic mass is 9.81. The van der Waals surface area contributed by atoms with Crippen LogP contribution >= 0.6 is 0 Å². The van der Waals surface area contributed by atoms with Crippen LogP contribution in [0.4, 0.5) is 0 Å². The SMILES string of the molecule is C=CCCC(=O)C1=Cc2cc(OC)ccc2-c2c(C3CCCCC3)c3ccc(C(=O)NS(=O)(=O)N(C)CC=C)cc3n2C1. The number of benzene rings is 2. The van der Waals surface area contributed by atoms with Crippen molar-refractivity contribution in [2.24, 2.45) is 0 Å². The lowest BCUT2D eigenvalue weighted by molar-refractivity contribution is -0.115. The van der Waals surface area contributed by atoms with E-state index >= 15 is 0 Å². The Labute approximate surface area is 253 Å². The van der Waals surface area contributed by atoms with Gasteiger partial charge in [0, 0.05) is 47.6 Å². The van der Waals surface area contributed by atoms with Crippen molar-refractivity contribution in [3.05, 3.63) is 84.0 Å². The van der Waals surface area contributed by atoms with Crippen LogP contribution in [0.15, 0.2) is 67.3 Å². The summed E-state index contributed by atoms with van der Waals surface area (Å²) in [6.07, 6.45) is 11.7. The number of aromatic nitrogens is 1. The van der Waals surface area contributed by atoms with Gasteiger partial charge >= 0.3 is 10.2 Å². The third-order valence-electron chi connectivity index (χ3n) is 8.50. The molecule has 2 heterocycles. The summed E-state index contributed by atoms with van der Waals surface area (Å²) < 4.78 is 36.4. The Bertz CT molecular complexity index is 1730. The summed E-state index contributed by atoms with van der Waals surface area (Å²) in [6, 6.07) is 11.3. The van der Waals surface area contributed by atoms with Crippen LogP contribution in [-0.2, 0) is 21.5 Å². The molecule has 2 aromatic carbocycles. The predicted octanol–water partition coefficient (Wildman–Crippen LogP) is 6.39. The average molecular weight is 602 g/mol. The number of fused-ring (bicyclic) bond motifs is 5. The molecular weight excluding hydrogens is 562 g/mol. The van der Waals surface area contributed by atoms with Crippen molar-refractivity contribution in [3.63, 3.8) is 0 Å². The number of carbonyl (C=O) groups excluding carboxylic acids is 2. The van der Waals surface area contributed by atoms with E-state index in [2.05, 4.69) is 28.5 Å². The number of Topliss-reactive ketones (excluding diaryl/α,β-unsaturated/α-hetero) is 1. The lowest BCUT2D eigenvalue weighted by Gasteiger charge is -2.24. The molecule has 1 amide bonds. The second-order valence-electron chi connectivity index (χ2n) is 11.3. The summed E-state index contributed by atoms with van der Waals surface area (Å²) in [4.78, 5) is 26.8. The predicted molar refractivity (Wildman–Crippen MR) is 171 cm³/mol. The quantitative estimate of drug-likeness (QED) is 0.257. The molecule has 1 N–H and O–H groups in total. The van der Waals surface area contributed by atoms with Gasteiger partial charge in [0.2, 0.25) is 0 Å². The van der Waals surface area contributed by atoms with E-state index < -0.39 is 16.1 Å². The van der Waals surface area contributed by atoms with Crippen molar-refractivity contribution in [1.82, 2.24) is 13.6 Å². The van der Waals surface area contributed by atoms with Gasteiger partial charge in [0.1, 0.15) is 5.75 Å². The average Bonchev–Trinajstić information content (AvgIpc) is 3.22. The van der Waals surface area contributed by atoms with Gasteiger partial charge in [-0.1, -0.05) is 37.5 Å². The van der Waals surface area contributed by atoms with E-state index in [0.29, 0.717) is 36.6 Å². The second-order valence-corrected chi connectivity index (χ2v) is 13.1. The number of amides is 1. The highest BCUT2D eigenvalue weighted by atomic mass is 32.2. The highest BCUT2D eigenvalue weighted by molar-refractivity contribution is 7.87. The molecule has 1 aliphatic heterocycles. The van der Waals surface area contributed by atoms with Gasteiger partial charge in [-0.2, -0.15) is 12.7 Å². The molecule has 3 aromatic rings. The minimum Gasteiger partial charge on any atom is -0.497 e. The Morgan fingerprint density at radius 3 is 2.56 bits per heavy atom. The largest absolute Gasteiger partial charge is 0.497 e. The molecule has 43 heavy (non-hydrogen) atoms. The summed E-state index contributed by atoms with van der Waals surface area (Å²) >= 11 is 0. The number of ketones is 1. The first-order valence-electron chi connectivity index (χ1n) is 14.8. The van der Waals surface area contributed by atoms with Crippen LogP contribution in [0, 0.1) is 0 Å². The van der Waals surface area contributed by atoms with Gasteiger partial charge in [-0.05, 0) is 72.7 Å². The third-order valence-corrected chi connectivity index (χ3v) is 9.92. The van der Waals surface area contributed by atoms with Crippen molar-refractivity contribution >= 4 is 38.9 Å². The molecule has 0 saturated heterocycles. The minimum atomic E-state index is -4.05. The minimum absolute atomic E-state index is 0.0350. The van der Waals surface area contributed by atoms with Gasteiger partial charge in [0.25, 0.3) is 5.91 Å². The molecule has 0 atom stereocenters. The van der Waals surface area contributed by atoms with E-state index in [-0.39, 0.29) is 17.9 Å². The maximum Gasteiger partial charge on any atom is 0.304 e. The zero-order chi connectivity index (χ0) is 30.7. The molecule has 2 aliphatic rings. The molecule has 1 aromatic heterocycles. The molecule has 1 saturated carbocycles. The first-order chi connectivity index (χ1) is 20.7. The Kier molecular flexibility index (Phi) is 9.03. The molecule has 1 fully saturated rings. The highest BCUT2D eigenvalue weighted by Gasteiger charge is 2.31. The Morgan fingerprint density at radius 1 is 1.09 bits per heavy atom. The summed E-state index contributed by atoms with van der Waals surface area (Å²) in [6.45, 7) is 7.75. The number of carbonyl (C=O) groups is 2. The fourth-order valence-corrected chi connectivity index (χ4v) is 7.09. The van der Waals surface area contributed by atoms with Crippen LogP contribution in [-0.4, -0.2) is 49.7 Å². The summed E-state index contributed by atoms with van der Waals surface area (Å²) in [7, 11) is -1.04. The fourth-order valence-electron chi connectivity index (χ4n) is 6.28. The molecule has 226 valence electrons. The molecule has 9 heteroatoms. The maximum atomic E-state index is 13.5. The Hall–Kier alpha value is -3.95. The van der Waals surface area contributed by atoms with Gasteiger partial charge in [-0.25, -0.2) is 4.72 Å².